The minimum absolute atomic E-state index is 0. The fourth-order valence-corrected chi connectivity index (χ4v) is 0.186. The van der Waals surface area contributed by atoms with Crippen LogP contribution in [0.15, 0.2) is 12.4 Å². The molecule has 0 unspecified atom stereocenters. The maximum absolute atomic E-state index is 3.54. The van der Waals surface area contributed by atoms with E-state index in [9.17, 15) is 0 Å². The van der Waals surface area contributed by atoms with Gasteiger partial charge in [0.05, 0.1) is 0 Å². The van der Waals surface area contributed by atoms with E-state index in [1.54, 1.807) is 12.4 Å². The Balaban J connectivity index is 0.000000250. The molecule has 0 aromatic carbocycles. The van der Waals surface area contributed by atoms with Crippen molar-refractivity contribution in [1.82, 2.24) is 9.97 Å². The van der Waals surface area contributed by atoms with Gasteiger partial charge in [0.15, 0.2) is 0 Å². The van der Waals surface area contributed by atoms with Crippen molar-refractivity contribution in [1.29, 1.82) is 0 Å². The molecule has 0 aliphatic carbocycles. The topological polar surface area (TPSA) is 28.7 Å². The first kappa shape index (κ1) is 5.95. The van der Waals surface area contributed by atoms with Gasteiger partial charge in [0.2, 0.25) is 0 Å². The van der Waals surface area contributed by atoms with Crippen molar-refractivity contribution in [3.63, 3.8) is 0 Å². The van der Waals surface area contributed by atoms with Gasteiger partial charge in [-0.15, -0.1) is 12.4 Å². The normalized spacial score (nSPS) is 6.67. The first-order valence-corrected chi connectivity index (χ1v) is 1.35. The van der Waals surface area contributed by atoms with Crippen LogP contribution in [0.4, 0.5) is 0 Å². The van der Waals surface area contributed by atoms with E-state index in [-0.39, 0.29) is 22.4 Å². The third-order valence-corrected chi connectivity index (χ3v) is 0.362. The number of nitrogens with one attached hydrogen (secondary N) is 1. The van der Waals surface area contributed by atoms with E-state index in [4.69, 9.17) is 0 Å². The van der Waals surface area contributed by atoms with E-state index in [0.29, 0.717) is 0 Å². The molecule has 0 atom stereocenters. The average Bonchev–Trinajstić information content (AvgIpc) is 1.76. The van der Waals surface area contributed by atoms with Crippen LogP contribution in [-0.4, -0.2) is 9.97 Å². The summed E-state index contributed by atoms with van der Waals surface area (Å²) in [7, 11) is 0. The second-order valence-corrected chi connectivity index (χ2v) is 0.701. The zero-order valence-electron chi connectivity index (χ0n) is 2.90. The molecule has 0 fully saturated rings. The Morgan fingerprint density at radius 1 is 1.67 bits per heavy atom. The van der Waals surface area contributed by atoms with Crippen molar-refractivity contribution >= 4 is 0 Å². The predicted molar refractivity (Wildman–Crippen MR) is 17.4 cm³/mol. The molecule has 0 amide bonds. The summed E-state index contributed by atoms with van der Waals surface area (Å²) >= 11 is 0. The van der Waals surface area contributed by atoms with Crippen molar-refractivity contribution in [2.24, 2.45) is 0 Å². The molecule has 36 valence electrons. The number of hydrogen-bond donors (Lipinski definition) is 1. The summed E-state index contributed by atoms with van der Waals surface area (Å²) in [5.74, 6) is 0. The SMILES string of the molecule is [Au+].[c-]1ncc[nH]1. The number of imidazole rings is 1. The zero-order valence-corrected chi connectivity index (χ0v) is 5.07. The van der Waals surface area contributed by atoms with Crippen molar-refractivity contribution < 1.29 is 22.4 Å². The van der Waals surface area contributed by atoms with Gasteiger partial charge in [-0.3, -0.25) is 0 Å². The Bertz CT molecular complexity index is 65.3. The Hall–Kier alpha value is -0.0497. The Morgan fingerprint density at radius 3 is 2.67 bits per heavy atom. The maximum atomic E-state index is 3.54. The first-order valence-electron chi connectivity index (χ1n) is 1.35. The molecule has 1 aromatic rings. The van der Waals surface area contributed by atoms with Crippen LogP contribution >= 0.6 is 0 Å². The van der Waals surface area contributed by atoms with Crippen LogP contribution in [-0.2, 0) is 22.4 Å². The fourth-order valence-electron chi connectivity index (χ4n) is 0.186. The van der Waals surface area contributed by atoms with Gasteiger partial charge >= 0.3 is 22.4 Å². The van der Waals surface area contributed by atoms with Gasteiger partial charge in [0.25, 0.3) is 0 Å². The van der Waals surface area contributed by atoms with Gasteiger partial charge in [-0.1, -0.05) is 0 Å². The second kappa shape index (κ2) is 3.15. The van der Waals surface area contributed by atoms with Gasteiger partial charge in [-0.25, -0.2) is 0 Å². The largest absolute Gasteiger partial charge is 1.00 e. The fraction of sp³-hybridized carbons (Fsp3) is 0. The van der Waals surface area contributed by atoms with Crippen molar-refractivity contribution in [3.8, 4) is 0 Å². The maximum Gasteiger partial charge on any atom is 1.00 e. The van der Waals surface area contributed by atoms with Crippen molar-refractivity contribution in [2.45, 2.75) is 0 Å². The molecule has 1 rings (SSSR count). The second-order valence-electron chi connectivity index (χ2n) is 0.701. The molecule has 1 heterocycles. The Kier molecular flexibility index (Phi) is 3.13. The molecule has 1 aromatic heterocycles. The van der Waals surface area contributed by atoms with Gasteiger partial charge in [0.1, 0.15) is 0 Å². The molecule has 0 spiro atoms. The molecule has 0 radical (unpaired) electrons. The molecule has 6 heavy (non-hydrogen) atoms. The Morgan fingerprint density at radius 2 is 2.50 bits per heavy atom. The minimum Gasteiger partial charge on any atom is -0.467 e. The van der Waals surface area contributed by atoms with Crippen molar-refractivity contribution in [2.75, 3.05) is 0 Å². The van der Waals surface area contributed by atoms with Gasteiger partial charge < -0.3 is 9.97 Å². The van der Waals surface area contributed by atoms with Crippen LogP contribution in [0, 0.1) is 6.33 Å². The quantitative estimate of drug-likeness (QED) is 0.526. The number of nitrogens with zero attached hydrogens (tertiary/aromatic N) is 1. The molecular formula is C3H3AuN2. The standard InChI is InChI=1S/C3H3N2.Au/c1-2-5-3-4-1;/h1-2H,(H,4,5);/q-1;+1. The van der Waals surface area contributed by atoms with Crippen LogP contribution in [0.25, 0.3) is 0 Å². The third kappa shape index (κ3) is 1.40. The third-order valence-electron chi connectivity index (χ3n) is 0.362. The number of H-pyrrole nitrogens is 1. The van der Waals surface area contributed by atoms with Crippen molar-refractivity contribution in [3.05, 3.63) is 18.7 Å². The van der Waals surface area contributed by atoms with E-state index in [1.807, 2.05) is 0 Å². The van der Waals surface area contributed by atoms with Gasteiger partial charge in [-0.2, -0.15) is 0 Å². The summed E-state index contributed by atoms with van der Waals surface area (Å²) < 4.78 is 0. The average molecular weight is 264 g/mol. The molecule has 0 aliphatic heterocycles. The predicted octanol–water partition coefficient (Wildman–Crippen LogP) is 0.207. The monoisotopic (exact) mass is 264 g/mol. The van der Waals surface area contributed by atoms with E-state index in [0.717, 1.165) is 0 Å². The summed E-state index contributed by atoms with van der Waals surface area (Å²) in [5.41, 5.74) is 0. The van der Waals surface area contributed by atoms with Crippen LogP contribution in [0.5, 0.6) is 0 Å². The number of hydrogen-bond acceptors (Lipinski definition) is 1. The molecule has 0 aliphatic rings. The van der Waals surface area contributed by atoms with Crippen LogP contribution in [0.3, 0.4) is 0 Å². The summed E-state index contributed by atoms with van der Waals surface area (Å²) in [4.78, 5) is 6.17. The number of aromatic amines is 1. The molecular weight excluding hydrogens is 261 g/mol. The zero-order chi connectivity index (χ0) is 3.54. The number of rotatable bonds is 0. The first-order chi connectivity index (χ1) is 2.50. The summed E-state index contributed by atoms with van der Waals surface area (Å²) in [6.45, 7) is 0. The Labute approximate surface area is 51.5 Å². The summed E-state index contributed by atoms with van der Waals surface area (Å²) in [5, 5.41) is 0. The summed E-state index contributed by atoms with van der Waals surface area (Å²) in [6.07, 6.45) is 5.83. The number of aromatic nitrogens is 2. The van der Waals surface area contributed by atoms with E-state index in [1.165, 1.54) is 0 Å². The van der Waals surface area contributed by atoms with Gasteiger partial charge in [-0.05, 0) is 6.33 Å². The van der Waals surface area contributed by atoms with Crippen LogP contribution in [0.1, 0.15) is 0 Å². The molecule has 3 heteroatoms. The molecule has 1 N–H and O–H groups in total. The van der Waals surface area contributed by atoms with Gasteiger partial charge in [0, 0.05) is 0 Å². The van der Waals surface area contributed by atoms with E-state index < -0.39 is 0 Å². The molecule has 0 saturated heterocycles. The van der Waals surface area contributed by atoms with E-state index >= 15 is 0 Å². The van der Waals surface area contributed by atoms with Crippen LogP contribution in [0.2, 0.25) is 0 Å². The van der Waals surface area contributed by atoms with E-state index in [2.05, 4.69) is 16.3 Å². The molecule has 2 nitrogen and oxygen atoms in total. The molecule has 0 saturated carbocycles. The smallest absolute Gasteiger partial charge is 0.467 e. The minimum atomic E-state index is 0. The summed E-state index contributed by atoms with van der Waals surface area (Å²) in [6, 6.07) is 0. The van der Waals surface area contributed by atoms with Crippen LogP contribution < -0.4 is 0 Å². The molecule has 0 bridgehead atoms.